The van der Waals surface area contributed by atoms with Gasteiger partial charge < -0.3 is 5.11 Å². The number of hydrogen-bond donors (Lipinski definition) is 1. The van der Waals surface area contributed by atoms with E-state index in [1.54, 1.807) is 0 Å². The molecule has 0 radical (unpaired) electrons. The van der Waals surface area contributed by atoms with Crippen LogP contribution in [0.4, 0.5) is 17.6 Å². The van der Waals surface area contributed by atoms with Gasteiger partial charge in [-0.3, -0.25) is 4.79 Å². The Labute approximate surface area is 108 Å². The van der Waals surface area contributed by atoms with Crippen molar-refractivity contribution < 1.29 is 27.5 Å². The van der Waals surface area contributed by atoms with E-state index in [9.17, 15) is 22.4 Å². The van der Waals surface area contributed by atoms with E-state index in [0.717, 1.165) is 6.07 Å². The maximum absolute atomic E-state index is 13.9. The van der Waals surface area contributed by atoms with Crippen molar-refractivity contribution in [2.24, 2.45) is 5.92 Å². The first-order valence-electron chi connectivity index (χ1n) is 5.69. The Morgan fingerprint density at radius 2 is 1.89 bits per heavy atom. The first-order chi connectivity index (χ1) is 8.63. The van der Waals surface area contributed by atoms with Gasteiger partial charge in [-0.2, -0.15) is 0 Å². The summed E-state index contributed by atoms with van der Waals surface area (Å²) in [7, 11) is 0. The number of rotatable bonds is 5. The maximum Gasteiger partial charge on any atom is 0.303 e. The Morgan fingerprint density at radius 1 is 1.32 bits per heavy atom. The van der Waals surface area contributed by atoms with Crippen LogP contribution in [0.15, 0.2) is 12.1 Å². The van der Waals surface area contributed by atoms with Crippen LogP contribution in [0.5, 0.6) is 0 Å². The van der Waals surface area contributed by atoms with E-state index in [2.05, 4.69) is 0 Å². The molecule has 1 unspecified atom stereocenters. The van der Waals surface area contributed by atoms with Gasteiger partial charge in [0.15, 0.2) is 0 Å². The minimum Gasteiger partial charge on any atom is -0.481 e. The Morgan fingerprint density at radius 3 is 2.42 bits per heavy atom. The molecule has 6 heteroatoms. The second-order valence-corrected chi connectivity index (χ2v) is 4.69. The highest BCUT2D eigenvalue weighted by molar-refractivity contribution is 5.66. The summed E-state index contributed by atoms with van der Waals surface area (Å²) in [6, 6.07) is 1.18. The van der Waals surface area contributed by atoms with Crippen molar-refractivity contribution >= 4 is 5.97 Å². The molecule has 0 saturated heterocycles. The van der Waals surface area contributed by atoms with Gasteiger partial charge in [0, 0.05) is 18.9 Å². The van der Waals surface area contributed by atoms with Gasteiger partial charge in [0.25, 0.3) is 5.92 Å². The summed E-state index contributed by atoms with van der Waals surface area (Å²) in [5, 5.41) is 8.52. The van der Waals surface area contributed by atoms with Gasteiger partial charge in [-0.05, 0) is 24.5 Å². The highest BCUT2D eigenvalue weighted by atomic mass is 19.3. The van der Waals surface area contributed by atoms with E-state index in [4.69, 9.17) is 5.11 Å². The first-order valence-corrected chi connectivity index (χ1v) is 5.69. The number of aryl methyl sites for hydroxylation is 1. The normalized spacial score (nSPS) is 13.4. The van der Waals surface area contributed by atoms with Gasteiger partial charge in [0.2, 0.25) is 0 Å². The number of halogens is 4. The monoisotopic (exact) mass is 278 g/mol. The summed E-state index contributed by atoms with van der Waals surface area (Å²) < 4.78 is 54.2. The summed E-state index contributed by atoms with van der Waals surface area (Å²) in [4.78, 5) is 10.4. The maximum atomic E-state index is 13.9. The fraction of sp³-hybridized carbons (Fsp3) is 0.462. The van der Waals surface area contributed by atoms with Crippen LogP contribution in [-0.4, -0.2) is 11.1 Å². The zero-order valence-corrected chi connectivity index (χ0v) is 10.5. The van der Waals surface area contributed by atoms with Gasteiger partial charge in [-0.1, -0.05) is 6.92 Å². The fourth-order valence-corrected chi connectivity index (χ4v) is 1.86. The van der Waals surface area contributed by atoms with E-state index in [1.807, 2.05) is 0 Å². The molecule has 0 aliphatic rings. The number of alkyl halides is 2. The quantitative estimate of drug-likeness (QED) is 0.830. The highest BCUT2D eigenvalue weighted by Crippen LogP contribution is 2.37. The molecule has 1 aromatic carbocycles. The molecule has 0 aromatic heterocycles. The molecule has 1 rings (SSSR count). The van der Waals surface area contributed by atoms with Gasteiger partial charge in [0.05, 0.1) is 5.56 Å². The SMILES string of the molecule is Cc1cc(C(F)(F)CC(C)CC(=O)O)c(F)cc1F. The molecule has 2 nitrogen and oxygen atoms in total. The van der Waals surface area contributed by atoms with Crippen LogP contribution in [0.1, 0.15) is 30.9 Å². The Balaban J connectivity index is 2.99. The second kappa shape index (κ2) is 5.59. The van der Waals surface area contributed by atoms with Crippen LogP contribution in [0.2, 0.25) is 0 Å². The molecule has 0 bridgehead atoms. The molecule has 0 aliphatic carbocycles. The number of hydrogen-bond acceptors (Lipinski definition) is 1. The number of benzene rings is 1. The van der Waals surface area contributed by atoms with Crippen LogP contribution in [-0.2, 0) is 10.7 Å². The van der Waals surface area contributed by atoms with Crippen LogP contribution in [0, 0.1) is 24.5 Å². The summed E-state index contributed by atoms with van der Waals surface area (Å²) in [5.41, 5.74) is -0.981. The van der Waals surface area contributed by atoms with E-state index >= 15 is 0 Å². The van der Waals surface area contributed by atoms with E-state index < -0.39 is 47.8 Å². The van der Waals surface area contributed by atoms with Crippen LogP contribution in [0.3, 0.4) is 0 Å². The predicted molar refractivity (Wildman–Crippen MR) is 61.0 cm³/mol. The van der Waals surface area contributed by atoms with E-state index in [0.29, 0.717) is 6.07 Å². The van der Waals surface area contributed by atoms with Crippen molar-refractivity contribution in [3.8, 4) is 0 Å². The number of carbonyl (C=O) groups is 1. The van der Waals surface area contributed by atoms with Crippen LogP contribution >= 0.6 is 0 Å². The molecule has 106 valence electrons. The number of carboxylic acid groups (broad SMARTS) is 1. The zero-order chi connectivity index (χ0) is 14.8. The van der Waals surface area contributed by atoms with Crippen molar-refractivity contribution in [2.45, 2.75) is 32.6 Å². The highest BCUT2D eigenvalue weighted by Gasteiger charge is 2.37. The van der Waals surface area contributed by atoms with Crippen LogP contribution < -0.4 is 0 Å². The minimum absolute atomic E-state index is 0.0815. The zero-order valence-electron chi connectivity index (χ0n) is 10.5. The third kappa shape index (κ3) is 3.94. The molecular formula is C13H14F4O2. The summed E-state index contributed by atoms with van der Waals surface area (Å²) in [6.45, 7) is 2.60. The molecule has 0 heterocycles. The predicted octanol–water partition coefficient (Wildman–Crippen LogP) is 3.87. The molecule has 0 saturated carbocycles. The molecule has 0 fully saturated rings. The van der Waals surface area contributed by atoms with Crippen molar-refractivity contribution in [3.63, 3.8) is 0 Å². The van der Waals surface area contributed by atoms with Gasteiger partial charge in [-0.25, -0.2) is 17.6 Å². The van der Waals surface area contributed by atoms with E-state index in [-0.39, 0.29) is 5.56 Å². The molecule has 19 heavy (non-hydrogen) atoms. The smallest absolute Gasteiger partial charge is 0.303 e. The summed E-state index contributed by atoms with van der Waals surface area (Å²) in [5.74, 6) is -7.76. The third-order valence-electron chi connectivity index (χ3n) is 2.77. The molecule has 0 spiro atoms. The van der Waals surface area contributed by atoms with Crippen molar-refractivity contribution in [2.75, 3.05) is 0 Å². The molecular weight excluding hydrogens is 264 g/mol. The minimum atomic E-state index is -3.53. The Kier molecular flexibility index (Phi) is 4.55. The van der Waals surface area contributed by atoms with Gasteiger partial charge >= 0.3 is 5.97 Å². The number of aliphatic carboxylic acids is 1. The average Bonchev–Trinajstić information content (AvgIpc) is 2.20. The van der Waals surface area contributed by atoms with Gasteiger partial charge in [0.1, 0.15) is 11.6 Å². The molecule has 0 amide bonds. The third-order valence-corrected chi connectivity index (χ3v) is 2.77. The lowest BCUT2D eigenvalue weighted by atomic mass is 9.93. The number of carboxylic acids is 1. The lowest BCUT2D eigenvalue weighted by Crippen LogP contribution is -2.21. The lowest BCUT2D eigenvalue weighted by molar-refractivity contribution is -0.138. The Bertz CT molecular complexity index is 486. The summed E-state index contributed by atoms with van der Waals surface area (Å²) in [6.07, 6.45) is -1.24. The standard InChI is InChI=1S/C13H14F4O2/c1-7(3-12(18)19)6-13(16,17)9-4-8(2)10(14)5-11(9)15/h4-5,7H,3,6H2,1-2H3,(H,18,19). The molecule has 1 N–H and O–H groups in total. The average molecular weight is 278 g/mol. The largest absolute Gasteiger partial charge is 0.481 e. The van der Waals surface area contributed by atoms with Crippen molar-refractivity contribution in [1.29, 1.82) is 0 Å². The molecule has 1 aromatic rings. The molecule has 1 atom stereocenters. The van der Waals surface area contributed by atoms with Gasteiger partial charge in [-0.15, -0.1) is 0 Å². The first kappa shape index (κ1) is 15.5. The lowest BCUT2D eigenvalue weighted by Gasteiger charge is -2.21. The van der Waals surface area contributed by atoms with Crippen LogP contribution in [0.25, 0.3) is 0 Å². The molecule has 0 aliphatic heterocycles. The van der Waals surface area contributed by atoms with E-state index in [1.165, 1.54) is 13.8 Å². The van der Waals surface area contributed by atoms with Crippen molar-refractivity contribution in [3.05, 3.63) is 34.9 Å². The fourth-order valence-electron chi connectivity index (χ4n) is 1.86. The second-order valence-electron chi connectivity index (χ2n) is 4.69. The Hall–Kier alpha value is -1.59. The topological polar surface area (TPSA) is 37.3 Å². The summed E-state index contributed by atoms with van der Waals surface area (Å²) >= 11 is 0. The van der Waals surface area contributed by atoms with Crippen molar-refractivity contribution in [1.82, 2.24) is 0 Å².